The molecule has 1 aromatic heterocycles. The zero-order chi connectivity index (χ0) is 8.55. The van der Waals surface area contributed by atoms with Gasteiger partial charge in [-0.3, -0.25) is 9.97 Å². The third-order valence-electron chi connectivity index (χ3n) is 1.69. The highest BCUT2D eigenvalue weighted by molar-refractivity contribution is 5.94. The maximum atomic E-state index is 5.67. The fourth-order valence-electron chi connectivity index (χ4n) is 1.10. The second-order valence-electron chi connectivity index (χ2n) is 2.50. The largest absolute Gasteiger partial charge is 0.397 e. The molecule has 0 saturated heterocycles. The van der Waals surface area contributed by atoms with Crippen LogP contribution in [0.2, 0.25) is 0 Å². The van der Waals surface area contributed by atoms with Gasteiger partial charge < -0.3 is 11.5 Å². The van der Waals surface area contributed by atoms with Gasteiger partial charge in [-0.2, -0.15) is 0 Å². The Morgan fingerprint density at radius 2 is 1.25 bits per heavy atom. The summed E-state index contributed by atoms with van der Waals surface area (Å²) >= 11 is 0. The SMILES string of the molecule is Nc1ccc(N)c2nccnc12. The van der Waals surface area contributed by atoms with E-state index in [-0.39, 0.29) is 0 Å². The lowest BCUT2D eigenvalue weighted by Gasteiger charge is -2.01. The molecule has 0 saturated carbocycles. The van der Waals surface area contributed by atoms with Crippen molar-refractivity contribution in [1.29, 1.82) is 0 Å². The minimum atomic E-state index is 0.604. The van der Waals surface area contributed by atoms with Crippen LogP contribution in [0.15, 0.2) is 24.5 Å². The number of nitrogen functional groups attached to an aromatic ring is 2. The predicted octanol–water partition coefficient (Wildman–Crippen LogP) is 0.794. The number of hydrogen-bond donors (Lipinski definition) is 2. The van der Waals surface area contributed by atoms with Crippen molar-refractivity contribution < 1.29 is 0 Å². The number of rotatable bonds is 0. The molecule has 1 heterocycles. The number of anilines is 2. The summed E-state index contributed by atoms with van der Waals surface area (Å²) in [5.74, 6) is 0. The second kappa shape index (κ2) is 2.34. The standard InChI is InChI=1S/C8H8N4/c9-5-1-2-6(10)8-7(5)11-3-4-12-8/h1-4H,9-10H2. The quantitative estimate of drug-likeness (QED) is 0.558. The zero-order valence-corrected chi connectivity index (χ0v) is 6.36. The molecule has 0 unspecified atom stereocenters. The van der Waals surface area contributed by atoms with Crippen molar-refractivity contribution in [3.63, 3.8) is 0 Å². The molecule has 12 heavy (non-hydrogen) atoms. The minimum Gasteiger partial charge on any atom is -0.397 e. The topological polar surface area (TPSA) is 77.8 Å². The van der Waals surface area contributed by atoms with Crippen LogP contribution in [0.3, 0.4) is 0 Å². The molecular formula is C8H8N4. The first kappa shape index (κ1) is 6.84. The molecule has 4 heteroatoms. The molecule has 0 bridgehead atoms. The summed E-state index contributed by atoms with van der Waals surface area (Å²) in [7, 11) is 0. The van der Waals surface area contributed by atoms with E-state index in [1.807, 2.05) is 0 Å². The number of benzene rings is 1. The molecule has 0 amide bonds. The van der Waals surface area contributed by atoms with Gasteiger partial charge in [0.2, 0.25) is 0 Å². The third-order valence-corrected chi connectivity index (χ3v) is 1.69. The van der Waals surface area contributed by atoms with Crippen LogP contribution in [0.1, 0.15) is 0 Å². The van der Waals surface area contributed by atoms with Gasteiger partial charge in [-0.1, -0.05) is 0 Å². The number of nitrogens with two attached hydrogens (primary N) is 2. The third kappa shape index (κ3) is 0.852. The molecule has 1 aromatic carbocycles. The Labute approximate surface area is 69.2 Å². The molecule has 0 fully saturated rings. The maximum absolute atomic E-state index is 5.67. The van der Waals surface area contributed by atoms with Crippen LogP contribution in [-0.2, 0) is 0 Å². The van der Waals surface area contributed by atoms with Crippen molar-refractivity contribution in [2.75, 3.05) is 11.5 Å². The highest BCUT2D eigenvalue weighted by Crippen LogP contribution is 2.21. The molecule has 0 aliphatic carbocycles. The van der Waals surface area contributed by atoms with E-state index < -0.39 is 0 Å². The smallest absolute Gasteiger partial charge is 0.114 e. The van der Waals surface area contributed by atoms with Crippen molar-refractivity contribution in [2.45, 2.75) is 0 Å². The van der Waals surface area contributed by atoms with Crippen LogP contribution < -0.4 is 11.5 Å². The van der Waals surface area contributed by atoms with Gasteiger partial charge in [-0.05, 0) is 12.1 Å². The second-order valence-corrected chi connectivity index (χ2v) is 2.50. The van der Waals surface area contributed by atoms with Gasteiger partial charge in [-0.15, -0.1) is 0 Å². The average Bonchev–Trinajstić information content (AvgIpc) is 2.12. The summed E-state index contributed by atoms with van der Waals surface area (Å²) in [6.07, 6.45) is 3.19. The number of nitrogens with zero attached hydrogens (tertiary/aromatic N) is 2. The van der Waals surface area contributed by atoms with Crippen molar-refractivity contribution >= 4 is 22.4 Å². The molecule has 4 nitrogen and oxygen atoms in total. The Bertz CT molecular complexity index is 384. The lowest BCUT2D eigenvalue weighted by atomic mass is 10.2. The van der Waals surface area contributed by atoms with Crippen molar-refractivity contribution in [3.8, 4) is 0 Å². The zero-order valence-electron chi connectivity index (χ0n) is 6.36. The summed E-state index contributed by atoms with van der Waals surface area (Å²) in [5.41, 5.74) is 13.9. The molecule has 2 rings (SSSR count). The van der Waals surface area contributed by atoms with E-state index >= 15 is 0 Å². The Kier molecular flexibility index (Phi) is 1.33. The van der Waals surface area contributed by atoms with E-state index in [0.29, 0.717) is 22.4 Å². The Morgan fingerprint density at radius 1 is 0.833 bits per heavy atom. The van der Waals surface area contributed by atoms with E-state index in [9.17, 15) is 0 Å². The van der Waals surface area contributed by atoms with Crippen LogP contribution in [0.5, 0.6) is 0 Å². The molecule has 0 spiro atoms. The van der Waals surface area contributed by atoms with Crippen molar-refractivity contribution in [1.82, 2.24) is 9.97 Å². The maximum Gasteiger partial charge on any atom is 0.114 e. The molecule has 0 radical (unpaired) electrons. The van der Waals surface area contributed by atoms with E-state index in [1.165, 1.54) is 0 Å². The van der Waals surface area contributed by atoms with E-state index in [0.717, 1.165) is 0 Å². The Morgan fingerprint density at radius 3 is 1.67 bits per heavy atom. The van der Waals surface area contributed by atoms with Gasteiger partial charge >= 0.3 is 0 Å². The molecule has 0 aliphatic heterocycles. The van der Waals surface area contributed by atoms with Gasteiger partial charge in [0.25, 0.3) is 0 Å². The molecule has 0 atom stereocenters. The molecular weight excluding hydrogens is 152 g/mol. The van der Waals surface area contributed by atoms with Crippen molar-refractivity contribution in [3.05, 3.63) is 24.5 Å². The van der Waals surface area contributed by atoms with Crippen LogP contribution in [0.4, 0.5) is 11.4 Å². The van der Waals surface area contributed by atoms with E-state index in [1.54, 1.807) is 24.5 Å². The van der Waals surface area contributed by atoms with Gasteiger partial charge in [-0.25, -0.2) is 0 Å². The van der Waals surface area contributed by atoms with E-state index in [4.69, 9.17) is 11.5 Å². The van der Waals surface area contributed by atoms with Gasteiger partial charge in [0.15, 0.2) is 0 Å². The first-order chi connectivity index (χ1) is 5.79. The monoisotopic (exact) mass is 160 g/mol. The summed E-state index contributed by atoms with van der Waals surface area (Å²) in [6, 6.07) is 3.46. The Hall–Kier alpha value is -1.84. The fourth-order valence-corrected chi connectivity index (χ4v) is 1.10. The fraction of sp³-hybridized carbons (Fsp3) is 0. The lowest BCUT2D eigenvalue weighted by molar-refractivity contribution is 1.30. The first-order valence-electron chi connectivity index (χ1n) is 3.53. The summed E-state index contributed by atoms with van der Waals surface area (Å²) in [6.45, 7) is 0. The summed E-state index contributed by atoms with van der Waals surface area (Å²) < 4.78 is 0. The van der Waals surface area contributed by atoms with Crippen LogP contribution in [-0.4, -0.2) is 9.97 Å². The normalized spacial score (nSPS) is 10.3. The molecule has 2 aromatic rings. The predicted molar refractivity (Wildman–Crippen MR) is 48.4 cm³/mol. The van der Waals surface area contributed by atoms with Crippen molar-refractivity contribution in [2.24, 2.45) is 0 Å². The van der Waals surface area contributed by atoms with Crippen LogP contribution in [0, 0.1) is 0 Å². The van der Waals surface area contributed by atoms with E-state index in [2.05, 4.69) is 9.97 Å². The first-order valence-corrected chi connectivity index (χ1v) is 3.53. The number of aromatic nitrogens is 2. The number of hydrogen-bond acceptors (Lipinski definition) is 4. The van der Waals surface area contributed by atoms with Crippen LogP contribution in [0.25, 0.3) is 11.0 Å². The summed E-state index contributed by atoms with van der Waals surface area (Å²) in [5, 5.41) is 0. The average molecular weight is 160 g/mol. The highest BCUT2D eigenvalue weighted by Gasteiger charge is 2.01. The molecule has 4 N–H and O–H groups in total. The van der Waals surface area contributed by atoms with Gasteiger partial charge in [0, 0.05) is 12.4 Å². The van der Waals surface area contributed by atoms with Gasteiger partial charge in [0.1, 0.15) is 11.0 Å². The van der Waals surface area contributed by atoms with Crippen LogP contribution >= 0.6 is 0 Å². The van der Waals surface area contributed by atoms with Gasteiger partial charge in [0.05, 0.1) is 11.4 Å². The molecule has 0 aliphatic rings. The summed E-state index contributed by atoms with van der Waals surface area (Å²) in [4.78, 5) is 8.15. The minimum absolute atomic E-state index is 0.604. The molecule has 60 valence electrons. The highest BCUT2D eigenvalue weighted by atomic mass is 14.8. The number of fused-ring (bicyclic) bond motifs is 1. The Balaban J connectivity index is 2.95. The lowest BCUT2D eigenvalue weighted by Crippen LogP contribution is -1.95.